The third kappa shape index (κ3) is 2.00. The van der Waals surface area contributed by atoms with Gasteiger partial charge in [0.2, 0.25) is 0 Å². The smallest absolute Gasteiger partial charge is 0.184 e. The molecule has 3 aromatic rings. The minimum absolute atomic E-state index is 0.613. The molecule has 1 N–H and O–H groups in total. The van der Waals surface area contributed by atoms with Crippen LogP contribution < -0.4 is 4.74 Å². The fourth-order valence-electron chi connectivity index (χ4n) is 2.28. The molecule has 0 bridgehead atoms. The van der Waals surface area contributed by atoms with Crippen molar-refractivity contribution in [1.82, 2.24) is 14.5 Å². The van der Waals surface area contributed by atoms with Crippen molar-refractivity contribution in [2.45, 2.75) is 13.8 Å². The molecule has 0 aliphatic carbocycles. The summed E-state index contributed by atoms with van der Waals surface area (Å²) in [4.78, 5) is 7.77. The lowest BCUT2D eigenvalue weighted by Gasteiger charge is -2.11. The number of benzene rings is 1. The number of nitrogens with zero attached hydrogens (tertiary/aromatic N) is 2. The van der Waals surface area contributed by atoms with Crippen molar-refractivity contribution >= 4 is 23.4 Å². The van der Waals surface area contributed by atoms with Gasteiger partial charge in [-0.25, -0.2) is 4.98 Å². The zero-order valence-electron chi connectivity index (χ0n) is 11.6. The van der Waals surface area contributed by atoms with Gasteiger partial charge < -0.3 is 9.72 Å². The van der Waals surface area contributed by atoms with Crippen molar-refractivity contribution < 1.29 is 4.74 Å². The Labute approximate surface area is 122 Å². The fraction of sp³-hybridized carbons (Fsp3) is 0.200. The van der Waals surface area contributed by atoms with Gasteiger partial charge in [-0.1, -0.05) is 6.07 Å². The SMILES string of the molecule is COc1ccc(C)cc1-n1c(=S)[nH]c2ccc(C)nc21. The van der Waals surface area contributed by atoms with Gasteiger partial charge in [0.05, 0.1) is 18.3 Å². The number of aryl methyl sites for hydroxylation is 2. The van der Waals surface area contributed by atoms with Gasteiger partial charge in [-0.2, -0.15) is 0 Å². The maximum absolute atomic E-state index is 5.45. The molecule has 4 nitrogen and oxygen atoms in total. The monoisotopic (exact) mass is 285 g/mol. The first-order chi connectivity index (χ1) is 9.60. The number of fused-ring (bicyclic) bond motifs is 1. The van der Waals surface area contributed by atoms with Crippen LogP contribution in [0.1, 0.15) is 11.3 Å². The molecule has 0 amide bonds. The van der Waals surface area contributed by atoms with E-state index in [1.54, 1.807) is 7.11 Å². The van der Waals surface area contributed by atoms with Crippen molar-refractivity contribution in [3.05, 3.63) is 46.4 Å². The average molecular weight is 285 g/mol. The molecule has 102 valence electrons. The molecule has 2 heterocycles. The number of nitrogens with one attached hydrogen (secondary N) is 1. The summed E-state index contributed by atoms with van der Waals surface area (Å²) in [6, 6.07) is 9.96. The third-order valence-electron chi connectivity index (χ3n) is 3.25. The van der Waals surface area contributed by atoms with Gasteiger partial charge in [0.1, 0.15) is 5.75 Å². The first-order valence-corrected chi connectivity index (χ1v) is 6.74. The molecule has 0 fully saturated rings. The van der Waals surface area contributed by atoms with Crippen molar-refractivity contribution in [3.8, 4) is 11.4 Å². The van der Waals surface area contributed by atoms with Crippen LogP contribution in [-0.2, 0) is 0 Å². The normalized spacial score (nSPS) is 10.9. The highest BCUT2D eigenvalue weighted by Crippen LogP contribution is 2.27. The van der Waals surface area contributed by atoms with Crippen LogP contribution in [0.25, 0.3) is 16.9 Å². The highest BCUT2D eigenvalue weighted by Gasteiger charge is 2.12. The Morgan fingerprint density at radius 1 is 1.20 bits per heavy atom. The summed E-state index contributed by atoms with van der Waals surface area (Å²) >= 11 is 5.44. The van der Waals surface area contributed by atoms with E-state index in [9.17, 15) is 0 Å². The Balaban J connectivity index is 2.40. The lowest BCUT2D eigenvalue weighted by Crippen LogP contribution is -2.00. The summed E-state index contributed by atoms with van der Waals surface area (Å²) in [6.07, 6.45) is 0. The van der Waals surface area contributed by atoms with Gasteiger partial charge in [0, 0.05) is 5.69 Å². The fourth-order valence-corrected chi connectivity index (χ4v) is 2.57. The quantitative estimate of drug-likeness (QED) is 0.730. The van der Waals surface area contributed by atoms with Gasteiger partial charge in [0.15, 0.2) is 10.4 Å². The maximum Gasteiger partial charge on any atom is 0.184 e. The summed E-state index contributed by atoms with van der Waals surface area (Å²) in [5.41, 5.74) is 4.74. The Morgan fingerprint density at radius 3 is 2.75 bits per heavy atom. The molecule has 2 aromatic heterocycles. The van der Waals surface area contributed by atoms with E-state index < -0.39 is 0 Å². The molecule has 1 aromatic carbocycles. The van der Waals surface area contributed by atoms with Gasteiger partial charge in [-0.05, 0) is 55.9 Å². The van der Waals surface area contributed by atoms with Crippen LogP contribution in [0, 0.1) is 18.6 Å². The number of methoxy groups -OCH3 is 1. The standard InChI is InChI=1S/C15H15N3OS/c1-9-4-7-13(19-3)12(8-9)18-14-11(17-15(18)20)6-5-10(2)16-14/h4-8H,1-3H3,(H,17,20). The molecular formula is C15H15N3OS. The molecule has 0 radical (unpaired) electrons. The average Bonchev–Trinajstić information content (AvgIpc) is 2.74. The molecule has 0 aliphatic heterocycles. The molecule has 0 atom stereocenters. The Bertz CT molecular complexity index is 848. The summed E-state index contributed by atoms with van der Waals surface area (Å²) in [5.74, 6) is 0.774. The maximum atomic E-state index is 5.45. The summed E-state index contributed by atoms with van der Waals surface area (Å²) in [5, 5.41) is 0. The summed E-state index contributed by atoms with van der Waals surface area (Å²) < 4.78 is 7.98. The molecular weight excluding hydrogens is 270 g/mol. The first-order valence-electron chi connectivity index (χ1n) is 6.33. The van der Waals surface area contributed by atoms with Crippen molar-refractivity contribution in [3.63, 3.8) is 0 Å². The molecule has 3 rings (SSSR count). The topological polar surface area (TPSA) is 42.8 Å². The van der Waals surface area contributed by atoms with E-state index in [0.29, 0.717) is 4.77 Å². The number of rotatable bonds is 2. The van der Waals surface area contributed by atoms with Crippen LogP contribution in [0.3, 0.4) is 0 Å². The molecule has 5 heteroatoms. The van der Waals surface area contributed by atoms with E-state index in [0.717, 1.165) is 33.9 Å². The van der Waals surface area contributed by atoms with Crippen LogP contribution in [0.2, 0.25) is 0 Å². The number of imidazole rings is 1. The minimum Gasteiger partial charge on any atom is -0.495 e. The van der Waals surface area contributed by atoms with E-state index >= 15 is 0 Å². The van der Waals surface area contributed by atoms with Gasteiger partial charge in [0.25, 0.3) is 0 Å². The highest BCUT2D eigenvalue weighted by atomic mass is 32.1. The minimum atomic E-state index is 0.613. The molecule has 0 unspecified atom stereocenters. The Morgan fingerprint density at radius 2 is 2.00 bits per heavy atom. The van der Waals surface area contributed by atoms with E-state index in [-0.39, 0.29) is 0 Å². The van der Waals surface area contributed by atoms with Gasteiger partial charge >= 0.3 is 0 Å². The van der Waals surface area contributed by atoms with E-state index in [1.807, 2.05) is 48.7 Å². The van der Waals surface area contributed by atoms with Crippen LogP contribution in [0.5, 0.6) is 5.75 Å². The first kappa shape index (κ1) is 12.9. The number of ether oxygens (including phenoxy) is 1. The zero-order valence-corrected chi connectivity index (χ0v) is 12.4. The largest absolute Gasteiger partial charge is 0.495 e. The number of pyridine rings is 1. The van der Waals surface area contributed by atoms with Gasteiger partial charge in [-0.15, -0.1) is 0 Å². The molecule has 0 saturated heterocycles. The lowest BCUT2D eigenvalue weighted by atomic mass is 10.2. The lowest BCUT2D eigenvalue weighted by molar-refractivity contribution is 0.413. The van der Waals surface area contributed by atoms with Crippen LogP contribution >= 0.6 is 12.2 Å². The van der Waals surface area contributed by atoms with E-state index in [1.165, 1.54) is 0 Å². The second kappa shape index (κ2) is 4.76. The predicted octanol–water partition coefficient (Wildman–Crippen LogP) is 3.71. The highest BCUT2D eigenvalue weighted by molar-refractivity contribution is 7.71. The number of aromatic nitrogens is 3. The van der Waals surface area contributed by atoms with Crippen LogP contribution in [-0.4, -0.2) is 21.6 Å². The zero-order chi connectivity index (χ0) is 14.3. The summed E-state index contributed by atoms with van der Waals surface area (Å²) in [7, 11) is 1.66. The third-order valence-corrected chi connectivity index (χ3v) is 3.53. The predicted molar refractivity (Wildman–Crippen MR) is 82.3 cm³/mol. The molecule has 20 heavy (non-hydrogen) atoms. The summed E-state index contributed by atoms with van der Waals surface area (Å²) in [6.45, 7) is 4.01. The second-order valence-corrected chi connectivity index (χ2v) is 5.15. The number of H-pyrrole nitrogens is 1. The number of hydrogen-bond acceptors (Lipinski definition) is 3. The van der Waals surface area contributed by atoms with E-state index in [2.05, 4.69) is 9.97 Å². The van der Waals surface area contributed by atoms with Crippen LogP contribution in [0.15, 0.2) is 30.3 Å². The second-order valence-electron chi connectivity index (χ2n) is 4.76. The van der Waals surface area contributed by atoms with Crippen LogP contribution in [0.4, 0.5) is 0 Å². The molecule has 0 aliphatic rings. The van der Waals surface area contributed by atoms with Crippen molar-refractivity contribution in [2.75, 3.05) is 7.11 Å². The number of hydrogen-bond donors (Lipinski definition) is 1. The molecule has 0 spiro atoms. The van der Waals surface area contributed by atoms with Gasteiger partial charge in [-0.3, -0.25) is 4.57 Å². The van der Waals surface area contributed by atoms with Crippen molar-refractivity contribution in [2.24, 2.45) is 0 Å². The van der Waals surface area contributed by atoms with E-state index in [4.69, 9.17) is 17.0 Å². The Hall–Kier alpha value is -2.14. The number of aromatic amines is 1. The Kier molecular flexibility index (Phi) is 3.06. The molecule has 0 saturated carbocycles. The van der Waals surface area contributed by atoms with Crippen molar-refractivity contribution in [1.29, 1.82) is 0 Å².